The molecule has 0 atom stereocenters. The first-order chi connectivity index (χ1) is 9.48. The van der Waals surface area contributed by atoms with Gasteiger partial charge in [0.25, 0.3) is 0 Å². The Morgan fingerprint density at radius 3 is 2.33 bits per heavy atom. The average Bonchev–Trinajstić information content (AvgIpc) is 2.28. The number of sulfonamides is 2. The minimum Gasteiger partial charge on any atom is -0.481 e. The molecular formula is C10H13ClN2O6S2. The zero-order chi connectivity index (χ0) is 16.3. The zero-order valence-corrected chi connectivity index (χ0v) is 13.2. The third-order valence-corrected chi connectivity index (χ3v) is 4.31. The number of benzene rings is 1. The molecule has 0 heterocycles. The Morgan fingerprint density at radius 1 is 1.24 bits per heavy atom. The Labute approximate surface area is 127 Å². The molecule has 1 aromatic rings. The Bertz CT molecular complexity index is 745. The van der Waals surface area contributed by atoms with Crippen molar-refractivity contribution in [3.63, 3.8) is 0 Å². The zero-order valence-electron chi connectivity index (χ0n) is 10.8. The van der Waals surface area contributed by atoms with Crippen molar-refractivity contribution in [3.8, 4) is 0 Å². The normalized spacial score (nSPS) is 11.9. The van der Waals surface area contributed by atoms with Crippen LogP contribution in [0.4, 0.5) is 11.4 Å². The quantitative estimate of drug-likeness (QED) is 0.666. The molecule has 0 spiro atoms. The van der Waals surface area contributed by atoms with Crippen molar-refractivity contribution in [1.29, 1.82) is 0 Å². The van der Waals surface area contributed by atoms with Crippen LogP contribution in [0.5, 0.6) is 0 Å². The summed E-state index contributed by atoms with van der Waals surface area (Å²) in [7, 11) is -7.33. The molecule has 8 nitrogen and oxygen atoms in total. The molecule has 0 aliphatic carbocycles. The standard InChI is InChI=1S/C10H13ClN2O6S2/c1-20(16,17)13-9-3-2-7(6-8(9)11)12-21(18,19)5-4-10(14)15/h2-3,6,12-13H,4-5H2,1H3,(H,14,15). The van der Waals surface area contributed by atoms with E-state index in [0.717, 1.165) is 6.26 Å². The molecule has 21 heavy (non-hydrogen) atoms. The van der Waals surface area contributed by atoms with Gasteiger partial charge in [0.15, 0.2) is 0 Å². The summed E-state index contributed by atoms with van der Waals surface area (Å²) < 4.78 is 49.7. The summed E-state index contributed by atoms with van der Waals surface area (Å²) in [5, 5.41) is 8.45. The van der Waals surface area contributed by atoms with Crippen molar-refractivity contribution in [2.75, 3.05) is 21.5 Å². The molecule has 0 aromatic heterocycles. The number of hydrogen-bond donors (Lipinski definition) is 3. The van der Waals surface area contributed by atoms with E-state index in [1.54, 1.807) is 0 Å². The second-order valence-corrected chi connectivity index (χ2v) is 8.13. The number of carboxylic acids is 1. The van der Waals surface area contributed by atoms with E-state index in [0.29, 0.717) is 0 Å². The SMILES string of the molecule is CS(=O)(=O)Nc1ccc(NS(=O)(=O)CCC(=O)O)cc1Cl. The van der Waals surface area contributed by atoms with Crippen LogP contribution in [0.25, 0.3) is 0 Å². The molecule has 0 saturated heterocycles. The molecule has 0 aliphatic heterocycles. The lowest BCUT2D eigenvalue weighted by Crippen LogP contribution is -2.19. The lowest BCUT2D eigenvalue weighted by atomic mass is 10.3. The molecule has 0 unspecified atom stereocenters. The summed E-state index contributed by atoms with van der Waals surface area (Å²) in [5.41, 5.74) is 0.206. The van der Waals surface area contributed by atoms with Crippen molar-refractivity contribution in [3.05, 3.63) is 23.2 Å². The first-order valence-corrected chi connectivity index (χ1v) is 9.40. The topological polar surface area (TPSA) is 130 Å². The van der Waals surface area contributed by atoms with E-state index in [1.807, 2.05) is 0 Å². The highest BCUT2D eigenvalue weighted by Crippen LogP contribution is 2.26. The lowest BCUT2D eigenvalue weighted by molar-refractivity contribution is -0.136. The number of anilines is 2. The van der Waals surface area contributed by atoms with E-state index in [2.05, 4.69) is 9.44 Å². The van der Waals surface area contributed by atoms with Crippen LogP contribution in [0.15, 0.2) is 18.2 Å². The number of rotatable bonds is 7. The van der Waals surface area contributed by atoms with Gasteiger partial charge in [-0.2, -0.15) is 0 Å². The molecule has 0 radical (unpaired) electrons. The first kappa shape index (κ1) is 17.5. The highest BCUT2D eigenvalue weighted by atomic mass is 35.5. The monoisotopic (exact) mass is 356 g/mol. The van der Waals surface area contributed by atoms with E-state index >= 15 is 0 Å². The van der Waals surface area contributed by atoms with Gasteiger partial charge in [0, 0.05) is 0 Å². The number of hydrogen-bond acceptors (Lipinski definition) is 5. The highest BCUT2D eigenvalue weighted by Gasteiger charge is 2.14. The second kappa shape index (κ2) is 6.50. The molecule has 1 rings (SSSR count). The van der Waals surface area contributed by atoms with Crippen LogP contribution in [-0.2, 0) is 24.8 Å². The summed E-state index contributed by atoms with van der Waals surface area (Å²) in [6.07, 6.45) is 0.419. The Morgan fingerprint density at radius 2 is 1.86 bits per heavy atom. The van der Waals surface area contributed by atoms with Gasteiger partial charge in [0.2, 0.25) is 20.0 Å². The molecule has 11 heteroatoms. The minimum absolute atomic E-state index is 0.00106. The lowest BCUT2D eigenvalue weighted by Gasteiger charge is -2.10. The van der Waals surface area contributed by atoms with Crippen LogP contribution >= 0.6 is 11.6 Å². The number of carboxylic acid groups (broad SMARTS) is 1. The second-order valence-electron chi connectivity index (χ2n) is 4.13. The fourth-order valence-corrected chi connectivity index (χ4v) is 3.21. The molecular weight excluding hydrogens is 344 g/mol. The van der Waals surface area contributed by atoms with Crippen LogP contribution in [-0.4, -0.2) is 39.9 Å². The third kappa shape index (κ3) is 6.65. The van der Waals surface area contributed by atoms with Gasteiger partial charge >= 0.3 is 5.97 Å². The summed E-state index contributed by atoms with van der Waals surface area (Å²) in [4.78, 5) is 10.4. The van der Waals surface area contributed by atoms with E-state index in [4.69, 9.17) is 16.7 Å². The number of halogens is 1. The number of nitrogens with one attached hydrogen (secondary N) is 2. The molecule has 0 saturated carbocycles. The van der Waals surface area contributed by atoms with E-state index in [1.165, 1.54) is 18.2 Å². The van der Waals surface area contributed by atoms with Crippen LogP contribution in [0.2, 0.25) is 5.02 Å². The molecule has 1 aromatic carbocycles. The number of aliphatic carboxylic acids is 1. The van der Waals surface area contributed by atoms with Crippen molar-refractivity contribution >= 4 is 49.0 Å². The van der Waals surface area contributed by atoms with Gasteiger partial charge in [-0.1, -0.05) is 11.6 Å². The van der Waals surface area contributed by atoms with Crippen molar-refractivity contribution in [2.45, 2.75) is 6.42 Å². The van der Waals surface area contributed by atoms with Crippen LogP contribution in [0.3, 0.4) is 0 Å². The van der Waals surface area contributed by atoms with Gasteiger partial charge in [-0.05, 0) is 18.2 Å². The summed E-state index contributed by atoms with van der Waals surface area (Å²) >= 11 is 5.84. The molecule has 0 bridgehead atoms. The molecule has 118 valence electrons. The maximum Gasteiger partial charge on any atom is 0.304 e. The molecule has 0 aliphatic rings. The van der Waals surface area contributed by atoms with E-state index in [-0.39, 0.29) is 16.4 Å². The minimum atomic E-state index is -3.82. The van der Waals surface area contributed by atoms with Gasteiger partial charge in [-0.15, -0.1) is 0 Å². The van der Waals surface area contributed by atoms with Gasteiger partial charge in [-0.3, -0.25) is 14.2 Å². The maximum atomic E-state index is 11.6. The summed E-state index contributed by atoms with van der Waals surface area (Å²) in [6, 6.07) is 3.81. The highest BCUT2D eigenvalue weighted by molar-refractivity contribution is 7.92. The van der Waals surface area contributed by atoms with Crippen molar-refractivity contribution in [2.24, 2.45) is 0 Å². The third-order valence-electron chi connectivity index (χ3n) is 2.12. The summed E-state index contributed by atoms with van der Waals surface area (Å²) in [6.45, 7) is 0. The summed E-state index contributed by atoms with van der Waals surface area (Å²) in [5.74, 6) is -1.81. The predicted octanol–water partition coefficient (Wildman–Crippen LogP) is 0.928. The maximum absolute atomic E-state index is 11.6. The van der Waals surface area contributed by atoms with Crippen molar-refractivity contribution in [1.82, 2.24) is 0 Å². The Hall–Kier alpha value is -1.52. The first-order valence-electron chi connectivity index (χ1n) is 5.48. The van der Waals surface area contributed by atoms with Crippen LogP contribution in [0, 0.1) is 0 Å². The van der Waals surface area contributed by atoms with E-state index < -0.39 is 38.2 Å². The van der Waals surface area contributed by atoms with Gasteiger partial charge in [0.1, 0.15) is 0 Å². The predicted molar refractivity (Wildman–Crippen MR) is 79.6 cm³/mol. The largest absolute Gasteiger partial charge is 0.481 e. The molecule has 0 fully saturated rings. The Kier molecular flexibility index (Phi) is 5.42. The van der Waals surface area contributed by atoms with Crippen molar-refractivity contribution < 1.29 is 26.7 Å². The van der Waals surface area contributed by atoms with Crippen LogP contribution < -0.4 is 9.44 Å². The number of carbonyl (C=O) groups is 1. The van der Waals surface area contributed by atoms with Crippen LogP contribution in [0.1, 0.15) is 6.42 Å². The van der Waals surface area contributed by atoms with Gasteiger partial charge in [-0.25, -0.2) is 16.8 Å². The fraction of sp³-hybridized carbons (Fsp3) is 0.300. The smallest absolute Gasteiger partial charge is 0.304 e. The average molecular weight is 357 g/mol. The van der Waals surface area contributed by atoms with Gasteiger partial charge < -0.3 is 5.11 Å². The molecule has 0 amide bonds. The van der Waals surface area contributed by atoms with Gasteiger partial charge in [0.05, 0.1) is 34.8 Å². The fourth-order valence-electron chi connectivity index (χ4n) is 1.31. The molecule has 3 N–H and O–H groups in total. The Balaban J connectivity index is 2.87. The van der Waals surface area contributed by atoms with E-state index in [9.17, 15) is 21.6 Å².